The Balaban J connectivity index is 2.03. The molecule has 0 saturated carbocycles. The molecule has 0 aliphatic heterocycles. The number of nitrogens with one attached hydrogen (secondary N) is 1. The van der Waals surface area contributed by atoms with E-state index in [4.69, 9.17) is 10.00 Å². The van der Waals surface area contributed by atoms with Crippen LogP contribution in [0.1, 0.15) is 56.0 Å². The first-order valence-electron chi connectivity index (χ1n) is 9.67. The average Bonchev–Trinajstić information content (AvgIpc) is 2.73. The van der Waals surface area contributed by atoms with Crippen molar-refractivity contribution in [2.45, 2.75) is 40.0 Å². The molecular weight excluding hydrogens is 362 g/mol. The van der Waals surface area contributed by atoms with E-state index in [2.05, 4.69) is 23.3 Å². The van der Waals surface area contributed by atoms with Gasteiger partial charge in [-0.1, -0.05) is 6.92 Å². The van der Waals surface area contributed by atoms with Gasteiger partial charge in [0.2, 0.25) is 0 Å². The number of aliphatic imine (C=N–C) groups is 1. The standard InChI is InChI=1S/C24H27N3O2/c1-5-22-21(16-26-4)7-6-8-23(22)29-18(3)10-9-17(2)27-24(28)20-13-11-19(15-25)12-14-20/h8-14,16H,5-7H2,1-4H3,(H,27,28)/b17-9+,18-10+,26-16-. The molecule has 150 valence electrons. The van der Waals surface area contributed by atoms with Crippen molar-refractivity contribution >= 4 is 12.1 Å². The minimum Gasteiger partial charge on any atom is -0.462 e. The maximum Gasteiger partial charge on any atom is 0.255 e. The Kier molecular flexibility index (Phi) is 8.17. The first-order chi connectivity index (χ1) is 14.0. The van der Waals surface area contributed by atoms with Crippen LogP contribution < -0.4 is 5.32 Å². The molecule has 5 nitrogen and oxygen atoms in total. The lowest BCUT2D eigenvalue weighted by Gasteiger charge is -2.19. The molecule has 2 rings (SSSR count). The van der Waals surface area contributed by atoms with Gasteiger partial charge in [-0.2, -0.15) is 5.26 Å². The van der Waals surface area contributed by atoms with Crippen LogP contribution in [0.5, 0.6) is 0 Å². The molecule has 5 heteroatoms. The average molecular weight is 389 g/mol. The Morgan fingerprint density at radius 2 is 2.00 bits per heavy atom. The Labute approximate surface area is 172 Å². The van der Waals surface area contributed by atoms with Crippen LogP contribution in [0.4, 0.5) is 0 Å². The second-order valence-electron chi connectivity index (χ2n) is 6.72. The fraction of sp³-hybridized carbons (Fsp3) is 0.292. The van der Waals surface area contributed by atoms with Crippen LogP contribution in [-0.4, -0.2) is 19.2 Å². The van der Waals surface area contributed by atoms with Gasteiger partial charge in [0.1, 0.15) is 11.5 Å². The van der Waals surface area contributed by atoms with E-state index in [9.17, 15) is 4.79 Å². The van der Waals surface area contributed by atoms with E-state index in [0.29, 0.717) is 16.8 Å². The molecule has 1 N–H and O–H groups in total. The second-order valence-corrected chi connectivity index (χ2v) is 6.72. The fourth-order valence-electron chi connectivity index (χ4n) is 3.03. The van der Waals surface area contributed by atoms with E-state index in [1.807, 2.05) is 38.3 Å². The SMILES string of the molecule is CCC1=C(/C=N\C)CCC=C1O/C(C)=C/C=C(\C)NC(=O)c1ccc(C#N)cc1. The number of allylic oxidation sites excluding steroid dienone is 7. The van der Waals surface area contributed by atoms with E-state index in [0.717, 1.165) is 30.8 Å². The summed E-state index contributed by atoms with van der Waals surface area (Å²) >= 11 is 0. The summed E-state index contributed by atoms with van der Waals surface area (Å²) < 4.78 is 6.05. The summed E-state index contributed by atoms with van der Waals surface area (Å²) in [7, 11) is 1.78. The molecule has 1 amide bonds. The maximum atomic E-state index is 12.3. The van der Waals surface area contributed by atoms with Crippen LogP contribution in [0, 0.1) is 11.3 Å². The van der Waals surface area contributed by atoms with Gasteiger partial charge in [-0.25, -0.2) is 0 Å². The van der Waals surface area contributed by atoms with E-state index in [1.165, 1.54) is 11.1 Å². The summed E-state index contributed by atoms with van der Waals surface area (Å²) in [6.07, 6.45) is 10.5. The lowest BCUT2D eigenvalue weighted by Crippen LogP contribution is -2.21. The molecule has 0 atom stereocenters. The number of ether oxygens (including phenoxy) is 1. The molecule has 1 aliphatic rings. The zero-order valence-corrected chi connectivity index (χ0v) is 17.5. The van der Waals surface area contributed by atoms with Crippen LogP contribution in [-0.2, 0) is 4.74 Å². The van der Waals surface area contributed by atoms with Gasteiger partial charge in [-0.05, 0) is 86.7 Å². The molecule has 29 heavy (non-hydrogen) atoms. The molecule has 1 aromatic carbocycles. The molecule has 0 heterocycles. The molecule has 0 unspecified atom stereocenters. The number of benzene rings is 1. The molecule has 0 aromatic heterocycles. The zero-order chi connectivity index (χ0) is 21.2. The van der Waals surface area contributed by atoms with Crippen LogP contribution in [0.2, 0.25) is 0 Å². The van der Waals surface area contributed by atoms with Gasteiger partial charge in [0, 0.05) is 24.5 Å². The van der Waals surface area contributed by atoms with Crippen molar-refractivity contribution in [3.8, 4) is 6.07 Å². The lowest BCUT2D eigenvalue weighted by atomic mass is 9.95. The Morgan fingerprint density at radius 1 is 1.28 bits per heavy atom. The van der Waals surface area contributed by atoms with Crippen molar-refractivity contribution in [1.29, 1.82) is 5.26 Å². The summed E-state index contributed by atoms with van der Waals surface area (Å²) in [5.41, 5.74) is 4.13. The number of amides is 1. The van der Waals surface area contributed by atoms with E-state index in [-0.39, 0.29) is 5.91 Å². The van der Waals surface area contributed by atoms with E-state index in [1.54, 1.807) is 31.3 Å². The van der Waals surface area contributed by atoms with Gasteiger partial charge < -0.3 is 10.1 Å². The number of hydrogen-bond donors (Lipinski definition) is 1. The third-order valence-electron chi connectivity index (χ3n) is 4.49. The topological polar surface area (TPSA) is 74.5 Å². The highest BCUT2D eigenvalue weighted by Gasteiger charge is 2.15. The largest absolute Gasteiger partial charge is 0.462 e. The third-order valence-corrected chi connectivity index (χ3v) is 4.49. The molecule has 1 aliphatic carbocycles. The van der Waals surface area contributed by atoms with Crippen molar-refractivity contribution in [2.75, 3.05) is 7.05 Å². The van der Waals surface area contributed by atoms with Gasteiger partial charge in [0.05, 0.1) is 11.6 Å². The van der Waals surface area contributed by atoms with Crippen molar-refractivity contribution in [3.05, 3.63) is 82.0 Å². The molecule has 0 radical (unpaired) electrons. The van der Waals surface area contributed by atoms with Gasteiger partial charge in [-0.3, -0.25) is 9.79 Å². The van der Waals surface area contributed by atoms with Crippen molar-refractivity contribution in [2.24, 2.45) is 4.99 Å². The van der Waals surface area contributed by atoms with Gasteiger partial charge >= 0.3 is 0 Å². The number of hydrogen-bond acceptors (Lipinski definition) is 4. The highest BCUT2D eigenvalue weighted by Crippen LogP contribution is 2.29. The van der Waals surface area contributed by atoms with E-state index >= 15 is 0 Å². The normalized spacial score (nSPS) is 15.2. The zero-order valence-electron chi connectivity index (χ0n) is 17.5. The molecular formula is C24H27N3O2. The van der Waals surface area contributed by atoms with Crippen molar-refractivity contribution in [1.82, 2.24) is 5.32 Å². The van der Waals surface area contributed by atoms with Gasteiger partial charge in [0.15, 0.2) is 0 Å². The summed E-state index contributed by atoms with van der Waals surface area (Å²) in [5.74, 6) is 1.41. The van der Waals surface area contributed by atoms with E-state index < -0.39 is 0 Å². The first-order valence-corrected chi connectivity index (χ1v) is 9.67. The minimum absolute atomic E-state index is 0.218. The molecule has 0 fully saturated rings. The molecule has 0 spiro atoms. The third kappa shape index (κ3) is 6.32. The quantitative estimate of drug-likeness (QED) is 0.396. The van der Waals surface area contributed by atoms with Gasteiger partial charge in [-0.15, -0.1) is 0 Å². The lowest BCUT2D eigenvalue weighted by molar-refractivity contribution is 0.0966. The van der Waals surface area contributed by atoms with Gasteiger partial charge in [0.25, 0.3) is 5.91 Å². The molecule has 0 bridgehead atoms. The van der Waals surface area contributed by atoms with Crippen LogP contribution >= 0.6 is 0 Å². The van der Waals surface area contributed by atoms with Crippen LogP contribution in [0.3, 0.4) is 0 Å². The fourth-order valence-corrected chi connectivity index (χ4v) is 3.03. The molecule has 0 saturated heterocycles. The Bertz CT molecular complexity index is 939. The first kappa shape index (κ1) is 21.9. The highest BCUT2D eigenvalue weighted by molar-refractivity contribution is 5.95. The number of rotatable bonds is 7. The Hall–Kier alpha value is -3.39. The summed E-state index contributed by atoms with van der Waals surface area (Å²) in [5, 5.41) is 11.7. The highest BCUT2D eigenvalue weighted by atomic mass is 16.5. The predicted octanol–water partition coefficient (Wildman–Crippen LogP) is 5.20. The number of carbonyl (C=O) groups excluding carboxylic acids is 1. The van der Waals surface area contributed by atoms with Crippen molar-refractivity contribution in [3.63, 3.8) is 0 Å². The van der Waals surface area contributed by atoms with Crippen LogP contribution in [0.25, 0.3) is 0 Å². The Morgan fingerprint density at radius 3 is 2.62 bits per heavy atom. The second kappa shape index (κ2) is 10.8. The summed E-state index contributed by atoms with van der Waals surface area (Å²) in [6, 6.07) is 8.56. The monoisotopic (exact) mass is 389 g/mol. The summed E-state index contributed by atoms with van der Waals surface area (Å²) in [6.45, 7) is 5.82. The number of carbonyl (C=O) groups is 1. The van der Waals surface area contributed by atoms with Crippen molar-refractivity contribution < 1.29 is 9.53 Å². The number of nitriles is 1. The maximum absolute atomic E-state index is 12.3. The van der Waals surface area contributed by atoms with Crippen LogP contribution in [0.15, 0.2) is 75.8 Å². The smallest absolute Gasteiger partial charge is 0.255 e. The minimum atomic E-state index is -0.218. The number of nitrogens with zero attached hydrogens (tertiary/aromatic N) is 2. The predicted molar refractivity (Wildman–Crippen MR) is 116 cm³/mol. The summed E-state index contributed by atoms with van der Waals surface area (Å²) in [4.78, 5) is 16.4. The molecule has 1 aromatic rings.